The van der Waals surface area contributed by atoms with Crippen molar-refractivity contribution in [3.63, 3.8) is 0 Å². The predicted octanol–water partition coefficient (Wildman–Crippen LogP) is 6.13. The van der Waals surface area contributed by atoms with Crippen LogP contribution in [0.4, 0.5) is 0 Å². The van der Waals surface area contributed by atoms with Crippen molar-refractivity contribution in [3.05, 3.63) is 72.8 Å². The second kappa shape index (κ2) is 8.24. The topological polar surface area (TPSA) is 29.0 Å². The van der Waals surface area contributed by atoms with E-state index in [9.17, 15) is 0 Å². The third-order valence-corrected chi connectivity index (χ3v) is 6.21. The molecule has 1 aromatic heterocycles. The highest BCUT2D eigenvalue weighted by atomic mass is 15.2. The Morgan fingerprint density at radius 2 is 1.21 bits per heavy atom. The first-order valence-electron chi connectivity index (χ1n) is 10.4. The zero-order chi connectivity index (χ0) is 19.5. The summed E-state index contributed by atoms with van der Waals surface area (Å²) in [6, 6.07) is 19.5. The van der Waals surface area contributed by atoms with E-state index in [1.54, 1.807) is 6.33 Å². The highest BCUT2D eigenvalue weighted by molar-refractivity contribution is 5.69. The molecule has 3 unspecified atom stereocenters. The van der Waals surface area contributed by atoms with Crippen LogP contribution < -0.4 is 0 Å². The molecular weight excluding hydrogens is 342 g/mol. The third kappa shape index (κ3) is 3.85. The lowest BCUT2D eigenvalue weighted by molar-refractivity contribution is 0.0623. The van der Waals surface area contributed by atoms with E-state index in [-0.39, 0.29) is 0 Å². The van der Waals surface area contributed by atoms with E-state index in [1.165, 1.54) is 36.0 Å². The molecule has 1 aliphatic heterocycles. The van der Waals surface area contributed by atoms with Gasteiger partial charge in [0.25, 0.3) is 0 Å². The largest absolute Gasteiger partial charge is 0.291 e. The van der Waals surface area contributed by atoms with E-state index < -0.39 is 0 Å². The quantitative estimate of drug-likeness (QED) is 0.552. The maximum absolute atomic E-state index is 4.10. The van der Waals surface area contributed by atoms with Crippen LogP contribution in [0, 0.1) is 0 Å². The standard InChI is InChI=1S/C25H29N3/c1-18-5-4-6-19(2)28(18)20(3)21-7-9-22(10-8-21)23-11-13-24(14-12-23)25-15-26-17-27-16-25/h7-20H,4-6H2,1-3H3. The Balaban J connectivity index is 1.51. The summed E-state index contributed by atoms with van der Waals surface area (Å²) in [4.78, 5) is 10.9. The highest BCUT2D eigenvalue weighted by Crippen LogP contribution is 2.33. The van der Waals surface area contributed by atoms with Gasteiger partial charge in [-0.25, -0.2) is 9.97 Å². The molecule has 0 amide bonds. The summed E-state index contributed by atoms with van der Waals surface area (Å²) in [5, 5.41) is 0. The molecule has 3 atom stereocenters. The number of aromatic nitrogens is 2. The average molecular weight is 372 g/mol. The van der Waals surface area contributed by atoms with Gasteiger partial charge in [0, 0.05) is 36.1 Å². The maximum Gasteiger partial charge on any atom is 0.115 e. The van der Waals surface area contributed by atoms with E-state index in [0.29, 0.717) is 18.1 Å². The molecule has 0 N–H and O–H groups in total. The summed E-state index contributed by atoms with van der Waals surface area (Å²) in [5.74, 6) is 0. The normalized spacial score (nSPS) is 21.4. The summed E-state index contributed by atoms with van der Waals surface area (Å²) in [6.45, 7) is 7.10. The van der Waals surface area contributed by atoms with Gasteiger partial charge in [0.05, 0.1) is 0 Å². The first-order valence-corrected chi connectivity index (χ1v) is 10.4. The van der Waals surface area contributed by atoms with E-state index in [4.69, 9.17) is 0 Å². The second-order valence-electron chi connectivity index (χ2n) is 8.08. The average Bonchev–Trinajstić information content (AvgIpc) is 2.74. The number of hydrogen-bond donors (Lipinski definition) is 0. The Hall–Kier alpha value is -2.52. The molecule has 2 aromatic carbocycles. The van der Waals surface area contributed by atoms with E-state index in [1.807, 2.05) is 12.4 Å². The van der Waals surface area contributed by atoms with Gasteiger partial charge in [-0.15, -0.1) is 0 Å². The maximum atomic E-state index is 4.10. The van der Waals surface area contributed by atoms with Gasteiger partial charge in [-0.1, -0.05) is 55.0 Å². The summed E-state index contributed by atoms with van der Waals surface area (Å²) in [7, 11) is 0. The van der Waals surface area contributed by atoms with Crippen molar-refractivity contribution < 1.29 is 0 Å². The molecule has 4 rings (SSSR count). The number of likely N-dealkylation sites (tertiary alicyclic amines) is 1. The van der Waals surface area contributed by atoms with E-state index in [0.717, 1.165) is 11.1 Å². The molecule has 0 bridgehead atoms. The summed E-state index contributed by atoms with van der Waals surface area (Å²) in [5.41, 5.74) is 6.08. The molecule has 28 heavy (non-hydrogen) atoms. The molecule has 0 radical (unpaired) electrons. The van der Waals surface area contributed by atoms with Gasteiger partial charge in [0.1, 0.15) is 6.33 Å². The first kappa shape index (κ1) is 18.8. The van der Waals surface area contributed by atoms with Crippen LogP contribution in [0.15, 0.2) is 67.3 Å². The van der Waals surface area contributed by atoms with Crippen LogP contribution in [0.2, 0.25) is 0 Å². The van der Waals surface area contributed by atoms with E-state index in [2.05, 4.69) is 84.2 Å². The number of hydrogen-bond acceptors (Lipinski definition) is 3. The second-order valence-corrected chi connectivity index (χ2v) is 8.08. The fraction of sp³-hybridized carbons (Fsp3) is 0.360. The SMILES string of the molecule is CC1CCCC(C)N1C(C)c1ccc(-c2ccc(-c3cncnc3)cc2)cc1. The van der Waals surface area contributed by atoms with Crippen LogP contribution in [0.25, 0.3) is 22.3 Å². The van der Waals surface area contributed by atoms with Gasteiger partial charge in [0.15, 0.2) is 0 Å². The predicted molar refractivity (Wildman–Crippen MR) is 116 cm³/mol. The lowest BCUT2D eigenvalue weighted by Gasteiger charge is -2.43. The molecule has 0 spiro atoms. The zero-order valence-corrected chi connectivity index (χ0v) is 17.0. The van der Waals surface area contributed by atoms with Crippen molar-refractivity contribution in [2.24, 2.45) is 0 Å². The van der Waals surface area contributed by atoms with Crippen LogP contribution in [-0.2, 0) is 0 Å². The van der Waals surface area contributed by atoms with Crippen molar-refractivity contribution in [2.45, 2.75) is 58.2 Å². The lowest BCUT2D eigenvalue weighted by Crippen LogP contribution is -2.45. The van der Waals surface area contributed by atoms with Crippen molar-refractivity contribution in [2.75, 3.05) is 0 Å². The zero-order valence-electron chi connectivity index (χ0n) is 17.0. The number of rotatable bonds is 4. The Bertz CT molecular complexity index is 877. The fourth-order valence-electron chi connectivity index (χ4n) is 4.63. The highest BCUT2D eigenvalue weighted by Gasteiger charge is 2.29. The number of nitrogens with zero attached hydrogens (tertiary/aromatic N) is 3. The van der Waals surface area contributed by atoms with Gasteiger partial charge < -0.3 is 0 Å². The fourth-order valence-corrected chi connectivity index (χ4v) is 4.63. The van der Waals surface area contributed by atoms with Crippen molar-refractivity contribution in [1.82, 2.24) is 14.9 Å². The van der Waals surface area contributed by atoms with Gasteiger partial charge in [-0.2, -0.15) is 0 Å². The molecule has 3 aromatic rings. The molecule has 3 nitrogen and oxygen atoms in total. The van der Waals surface area contributed by atoms with Crippen LogP contribution in [-0.4, -0.2) is 27.0 Å². The molecule has 1 saturated heterocycles. The van der Waals surface area contributed by atoms with Crippen LogP contribution in [0.5, 0.6) is 0 Å². The summed E-state index contributed by atoms with van der Waals surface area (Å²) < 4.78 is 0. The molecule has 0 saturated carbocycles. The minimum absolute atomic E-state index is 0.458. The Morgan fingerprint density at radius 3 is 1.75 bits per heavy atom. The summed E-state index contributed by atoms with van der Waals surface area (Å²) in [6.07, 6.45) is 9.24. The minimum Gasteiger partial charge on any atom is -0.291 e. The molecule has 2 heterocycles. The Kier molecular flexibility index (Phi) is 5.54. The Labute approximate surface area is 168 Å². The smallest absolute Gasteiger partial charge is 0.115 e. The molecule has 0 aliphatic carbocycles. The third-order valence-electron chi connectivity index (χ3n) is 6.21. The molecular formula is C25H29N3. The number of piperidine rings is 1. The van der Waals surface area contributed by atoms with Gasteiger partial charge in [-0.05, 0) is 55.9 Å². The molecule has 1 aliphatic rings. The van der Waals surface area contributed by atoms with Crippen molar-refractivity contribution >= 4 is 0 Å². The lowest BCUT2D eigenvalue weighted by atomic mass is 9.92. The van der Waals surface area contributed by atoms with Crippen LogP contribution in [0.1, 0.15) is 51.6 Å². The van der Waals surface area contributed by atoms with Gasteiger partial charge in [-0.3, -0.25) is 4.90 Å². The minimum atomic E-state index is 0.458. The molecule has 144 valence electrons. The number of benzene rings is 2. The van der Waals surface area contributed by atoms with Crippen molar-refractivity contribution in [3.8, 4) is 22.3 Å². The van der Waals surface area contributed by atoms with Crippen molar-refractivity contribution in [1.29, 1.82) is 0 Å². The van der Waals surface area contributed by atoms with Crippen LogP contribution >= 0.6 is 0 Å². The van der Waals surface area contributed by atoms with Gasteiger partial charge >= 0.3 is 0 Å². The van der Waals surface area contributed by atoms with Crippen LogP contribution in [0.3, 0.4) is 0 Å². The first-order chi connectivity index (χ1) is 13.6. The molecule has 1 fully saturated rings. The van der Waals surface area contributed by atoms with Gasteiger partial charge in [0.2, 0.25) is 0 Å². The van der Waals surface area contributed by atoms with E-state index >= 15 is 0 Å². The summed E-state index contributed by atoms with van der Waals surface area (Å²) >= 11 is 0. The monoisotopic (exact) mass is 371 g/mol. The Morgan fingerprint density at radius 1 is 0.750 bits per heavy atom. The molecule has 3 heteroatoms.